The molecule has 1 aliphatic rings. The Bertz CT molecular complexity index is 205. The van der Waals surface area contributed by atoms with Gasteiger partial charge in [0.15, 0.2) is 5.90 Å². The van der Waals surface area contributed by atoms with E-state index in [1.54, 1.807) is 7.05 Å². The Morgan fingerprint density at radius 3 is 2.54 bits per heavy atom. The van der Waals surface area contributed by atoms with E-state index >= 15 is 0 Å². The second-order valence-electron chi connectivity index (χ2n) is 3.39. The van der Waals surface area contributed by atoms with Gasteiger partial charge in [-0.05, 0) is 32.9 Å². The van der Waals surface area contributed by atoms with E-state index in [2.05, 4.69) is 16.9 Å². The maximum absolute atomic E-state index is 5.47. The van der Waals surface area contributed by atoms with Crippen molar-refractivity contribution in [3.63, 3.8) is 0 Å². The zero-order valence-electron chi connectivity index (χ0n) is 8.47. The van der Waals surface area contributed by atoms with Gasteiger partial charge in [-0.2, -0.15) is 0 Å². The molecule has 74 valence electrons. The summed E-state index contributed by atoms with van der Waals surface area (Å²) in [5.74, 6) is 2.04. The van der Waals surface area contributed by atoms with Crippen LogP contribution in [-0.4, -0.2) is 26.0 Å². The van der Waals surface area contributed by atoms with Gasteiger partial charge in [-0.1, -0.05) is 6.58 Å². The lowest BCUT2D eigenvalue weighted by molar-refractivity contribution is 0.344. The van der Waals surface area contributed by atoms with E-state index in [0.29, 0.717) is 5.92 Å². The van der Waals surface area contributed by atoms with Crippen LogP contribution in [0.3, 0.4) is 0 Å². The number of rotatable bonds is 2. The lowest BCUT2D eigenvalue weighted by atomic mass is 9.98. The Labute approximate surface area is 79.9 Å². The van der Waals surface area contributed by atoms with Crippen molar-refractivity contribution in [2.24, 2.45) is 10.9 Å². The van der Waals surface area contributed by atoms with Crippen molar-refractivity contribution in [3.8, 4) is 0 Å². The van der Waals surface area contributed by atoms with Crippen LogP contribution in [0.1, 0.15) is 19.8 Å². The summed E-state index contributed by atoms with van der Waals surface area (Å²) < 4.78 is 5.47. The molecule has 13 heavy (non-hydrogen) atoms. The highest BCUT2D eigenvalue weighted by Gasteiger charge is 2.19. The summed E-state index contributed by atoms with van der Waals surface area (Å²) in [5, 5.41) is 3.31. The summed E-state index contributed by atoms with van der Waals surface area (Å²) in [6.07, 6.45) is 2.22. The molecule has 0 unspecified atom stereocenters. The van der Waals surface area contributed by atoms with Crippen LogP contribution in [0.15, 0.2) is 17.3 Å². The number of allylic oxidation sites excluding steroid dienone is 1. The highest BCUT2D eigenvalue weighted by atomic mass is 16.5. The van der Waals surface area contributed by atoms with E-state index in [1.807, 2.05) is 6.92 Å². The lowest BCUT2D eigenvalue weighted by Gasteiger charge is -2.23. The topological polar surface area (TPSA) is 33.6 Å². The maximum Gasteiger partial charge on any atom is 0.192 e. The Morgan fingerprint density at radius 2 is 2.08 bits per heavy atom. The fraction of sp³-hybridized carbons (Fsp3) is 0.700. The Hall–Kier alpha value is -0.830. The van der Waals surface area contributed by atoms with Crippen LogP contribution in [0, 0.1) is 5.92 Å². The van der Waals surface area contributed by atoms with Crippen LogP contribution < -0.4 is 5.32 Å². The molecule has 1 rings (SSSR count). The van der Waals surface area contributed by atoms with Crippen LogP contribution in [0.5, 0.6) is 0 Å². The third-order valence-corrected chi connectivity index (χ3v) is 2.19. The summed E-state index contributed by atoms with van der Waals surface area (Å²) >= 11 is 0. The molecule has 0 aromatic carbocycles. The fourth-order valence-corrected chi connectivity index (χ4v) is 1.56. The molecular formula is C10H18N2O. The molecule has 1 fully saturated rings. The maximum atomic E-state index is 5.47. The summed E-state index contributed by atoms with van der Waals surface area (Å²) in [7, 11) is 1.78. The van der Waals surface area contributed by atoms with Crippen LogP contribution >= 0.6 is 0 Å². The van der Waals surface area contributed by atoms with Gasteiger partial charge in [0.25, 0.3) is 0 Å². The zero-order valence-corrected chi connectivity index (χ0v) is 8.47. The fourth-order valence-electron chi connectivity index (χ4n) is 1.56. The Balaban J connectivity index is 2.50. The first-order valence-electron chi connectivity index (χ1n) is 4.74. The van der Waals surface area contributed by atoms with Crippen LogP contribution in [-0.2, 0) is 4.74 Å². The SMILES string of the molecule is C=C(C)O/C(=N\C)C1CCNCC1. The molecule has 1 saturated heterocycles. The molecule has 0 atom stereocenters. The first kappa shape index (κ1) is 10.3. The molecule has 0 bridgehead atoms. The summed E-state index contributed by atoms with van der Waals surface area (Å²) in [4.78, 5) is 4.16. The van der Waals surface area contributed by atoms with Gasteiger partial charge in [-0.25, -0.2) is 0 Å². The van der Waals surface area contributed by atoms with E-state index < -0.39 is 0 Å². The highest BCUT2D eigenvalue weighted by Crippen LogP contribution is 2.15. The van der Waals surface area contributed by atoms with Crippen molar-refractivity contribution >= 4 is 5.90 Å². The minimum absolute atomic E-state index is 0.475. The van der Waals surface area contributed by atoms with Gasteiger partial charge in [-0.3, -0.25) is 4.99 Å². The molecule has 0 aromatic rings. The number of aliphatic imine (C=N–C) groups is 1. The molecule has 3 nitrogen and oxygen atoms in total. The standard InChI is InChI=1S/C10H18N2O/c1-8(2)13-10(11-3)9-4-6-12-7-5-9/h9,12H,1,4-7H2,2-3H3/b11-10-. The minimum atomic E-state index is 0.475. The average Bonchev–Trinajstić information content (AvgIpc) is 2.15. The number of nitrogens with zero attached hydrogens (tertiary/aromatic N) is 1. The largest absolute Gasteiger partial charge is 0.448 e. The van der Waals surface area contributed by atoms with Crippen molar-refractivity contribution in [1.29, 1.82) is 0 Å². The minimum Gasteiger partial charge on any atom is -0.448 e. The molecule has 1 N–H and O–H groups in total. The Morgan fingerprint density at radius 1 is 1.46 bits per heavy atom. The molecule has 0 amide bonds. The third-order valence-electron chi connectivity index (χ3n) is 2.19. The number of hydrogen-bond donors (Lipinski definition) is 1. The van der Waals surface area contributed by atoms with Crippen molar-refractivity contribution < 1.29 is 4.74 Å². The molecule has 3 heteroatoms. The summed E-state index contributed by atoms with van der Waals surface area (Å²) in [6.45, 7) is 7.69. The second kappa shape index (κ2) is 5.02. The van der Waals surface area contributed by atoms with Gasteiger partial charge in [0.1, 0.15) is 0 Å². The van der Waals surface area contributed by atoms with E-state index in [1.165, 1.54) is 0 Å². The van der Waals surface area contributed by atoms with E-state index in [0.717, 1.165) is 37.6 Å². The predicted octanol–water partition coefficient (Wildman–Crippen LogP) is 1.56. The number of hydrogen-bond acceptors (Lipinski definition) is 3. The van der Waals surface area contributed by atoms with Crippen LogP contribution in [0.2, 0.25) is 0 Å². The van der Waals surface area contributed by atoms with Gasteiger partial charge in [-0.15, -0.1) is 0 Å². The lowest BCUT2D eigenvalue weighted by Crippen LogP contribution is -2.32. The van der Waals surface area contributed by atoms with Crippen molar-refractivity contribution in [2.75, 3.05) is 20.1 Å². The first-order chi connectivity index (χ1) is 6.24. The Kier molecular flexibility index (Phi) is 3.96. The van der Waals surface area contributed by atoms with Gasteiger partial charge in [0.05, 0.1) is 5.76 Å². The molecular weight excluding hydrogens is 164 g/mol. The number of ether oxygens (including phenoxy) is 1. The monoisotopic (exact) mass is 182 g/mol. The average molecular weight is 182 g/mol. The van der Waals surface area contributed by atoms with Gasteiger partial charge in [0, 0.05) is 13.0 Å². The predicted molar refractivity (Wildman–Crippen MR) is 54.9 cm³/mol. The zero-order chi connectivity index (χ0) is 9.68. The second-order valence-corrected chi connectivity index (χ2v) is 3.39. The van der Waals surface area contributed by atoms with Crippen molar-refractivity contribution in [2.45, 2.75) is 19.8 Å². The third kappa shape index (κ3) is 3.19. The quantitative estimate of drug-likeness (QED) is 0.399. The smallest absolute Gasteiger partial charge is 0.192 e. The van der Waals surface area contributed by atoms with Crippen LogP contribution in [0.25, 0.3) is 0 Å². The van der Waals surface area contributed by atoms with E-state index in [4.69, 9.17) is 4.74 Å². The molecule has 1 heterocycles. The van der Waals surface area contributed by atoms with E-state index in [9.17, 15) is 0 Å². The summed E-state index contributed by atoms with van der Waals surface area (Å²) in [6, 6.07) is 0. The summed E-state index contributed by atoms with van der Waals surface area (Å²) in [5.41, 5.74) is 0. The molecule has 1 aliphatic heterocycles. The molecule has 0 aliphatic carbocycles. The first-order valence-corrected chi connectivity index (χ1v) is 4.74. The molecule has 0 spiro atoms. The number of nitrogens with one attached hydrogen (secondary N) is 1. The van der Waals surface area contributed by atoms with Gasteiger partial charge >= 0.3 is 0 Å². The highest BCUT2D eigenvalue weighted by molar-refractivity contribution is 5.79. The number of piperidine rings is 1. The van der Waals surface area contributed by atoms with Gasteiger partial charge < -0.3 is 10.1 Å². The molecule has 0 radical (unpaired) electrons. The normalized spacial score (nSPS) is 20.0. The van der Waals surface area contributed by atoms with Gasteiger partial charge in [0.2, 0.25) is 0 Å². The van der Waals surface area contributed by atoms with Crippen molar-refractivity contribution in [3.05, 3.63) is 12.3 Å². The van der Waals surface area contributed by atoms with Crippen LogP contribution in [0.4, 0.5) is 0 Å². The van der Waals surface area contributed by atoms with E-state index in [-0.39, 0.29) is 0 Å². The molecule has 0 saturated carbocycles. The van der Waals surface area contributed by atoms with Crippen molar-refractivity contribution in [1.82, 2.24) is 5.32 Å². The molecule has 0 aromatic heterocycles.